The number of anilines is 1. The van der Waals surface area contributed by atoms with Gasteiger partial charge in [0.2, 0.25) is 0 Å². The van der Waals surface area contributed by atoms with E-state index in [2.05, 4.69) is 10.2 Å². The lowest BCUT2D eigenvalue weighted by atomic mass is 9.96. The molecule has 18 heavy (non-hydrogen) atoms. The number of benzene rings is 1. The van der Waals surface area contributed by atoms with E-state index >= 15 is 0 Å². The molecule has 1 N–H and O–H groups in total. The first-order chi connectivity index (χ1) is 8.70. The molecule has 2 heterocycles. The van der Waals surface area contributed by atoms with Crippen molar-refractivity contribution >= 4 is 17.3 Å². The van der Waals surface area contributed by atoms with Gasteiger partial charge in [-0.2, -0.15) is 0 Å². The third kappa shape index (κ3) is 1.90. The van der Waals surface area contributed by atoms with Crippen molar-refractivity contribution in [3.8, 4) is 0 Å². The maximum atomic E-state index is 14.2. The summed E-state index contributed by atoms with van der Waals surface area (Å²) in [5, 5.41) is 3.58. The first-order valence-electron chi connectivity index (χ1n) is 6.60. The quantitative estimate of drug-likeness (QED) is 0.886. The van der Waals surface area contributed by atoms with Gasteiger partial charge in [-0.15, -0.1) is 0 Å². The van der Waals surface area contributed by atoms with Crippen LogP contribution in [0.2, 0.25) is 5.02 Å². The fourth-order valence-corrected chi connectivity index (χ4v) is 3.67. The molecule has 0 radical (unpaired) electrons. The largest absolute Gasteiger partial charge is 0.363 e. The van der Waals surface area contributed by atoms with Crippen LogP contribution in [-0.2, 0) is 0 Å². The second-order valence-electron chi connectivity index (χ2n) is 5.32. The highest BCUT2D eigenvalue weighted by Crippen LogP contribution is 2.41. The van der Waals surface area contributed by atoms with E-state index < -0.39 is 0 Å². The summed E-state index contributed by atoms with van der Waals surface area (Å²) >= 11 is 5.89. The van der Waals surface area contributed by atoms with Crippen LogP contribution in [0.5, 0.6) is 0 Å². The van der Waals surface area contributed by atoms with Crippen LogP contribution < -0.4 is 10.2 Å². The van der Waals surface area contributed by atoms with Crippen LogP contribution in [0.4, 0.5) is 10.1 Å². The Kier molecular flexibility index (Phi) is 3.20. The Morgan fingerprint density at radius 2 is 1.94 bits per heavy atom. The zero-order chi connectivity index (χ0) is 12.7. The molecule has 0 amide bonds. The Morgan fingerprint density at radius 1 is 1.28 bits per heavy atom. The number of piperidine rings is 1. The maximum absolute atomic E-state index is 14.2. The van der Waals surface area contributed by atoms with Crippen molar-refractivity contribution in [2.45, 2.75) is 43.8 Å². The van der Waals surface area contributed by atoms with Gasteiger partial charge in [-0.1, -0.05) is 17.7 Å². The fourth-order valence-electron chi connectivity index (χ4n) is 3.50. The summed E-state index contributed by atoms with van der Waals surface area (Å²) in [6, 6.07) is 6.78. The predicted molar refractivity (Wildman–Crippen MR) is 72.8 cm³/mol. The highest BCUT2D eigenvalue weighted by molar-refractivity contribution is 6.31. The lowest BCUT2D eigenvalue weighted by Gasteiger charge is -2.40. The first-order valence-corrected chi connectivity index (χ1v) is 6.98. The Bertz CT molecular complexity index is 437. The van der Waals surface area contributed by atoms with E-state index in [-0.39, 0.29) is 10.8 Å². The first kappa shape index (κ1) is 12.2. The summed E-state index contributed by atoms with van der Waals surface area (Å²) in [7, 11) is 2.01. The lowest BCUT2D eigenvalue weighted by molar-refractivity contribution is 0.370. The van der Waals surface area contributed by atoms with E-state index in [0.717, 1.165) is 25.7 Å². The van der Waals surface area contributed by atoms with Crippen molar-refractivity contribution in [2.75, 3.05) is 11.9 Å². The fraction of sp³-hybridized carbons (Fsp3) is 0.571. The number of hydrogen-bond donors (Lipinski definition) is 1. The molecule has 0 spiro atoms. The third-order valence-corrected chi connectivity index (χ3v) is 4.64. The topological polar surface area (TPSA) is 15.3 Å². The predicted octanol–water partition coefficient (Wildman–Crippen LogP) is 3.20. The van der Waals surface area contributed by atoms with E-state index in [1.165, 1.54) is 0 Å². The standard InChI is InChI=1S/C14H18ClFN2/c1-17-9-7-10-5-6-11(8-9)18(10)13-4-2-3-12(15)14(13)16/h2-4,9-11,17H,5-8H2,1H3. The normalized spacial score (nSPS) is 30.8. The van der Waals surface area contributed by atoms with E-state index in [4.69, 9.17) is 11.6 Å². The SMILES string of the molecule is CNC1CC2CCC(C1)N2c1cccc(Cl)c1F. The minimum Gasteiger partial charge on any atom is -0.363 e. The van der Waals surface area contributed by atoms with Crippen LogP contribution in [0.1, 0.15) is 25.7 Å². The lowest BCUT2D eigenvalue weighted by Crippen LogP contribution is -2.48. The van der Waals surface area contributed by atoms with Crippen molar-refractivity contribution in [3.63, 3.8) is 0 Å². The Hall–Kier alpha value is -0.800. The van der Waals surface area contributed by atoms with Gasteiger partial charge in [-0.25, -0.2) is 4.39 Å². The van der Waals surface area contributed by atoms with Gasteiger partial charge in [0.25, 0.3) is 0 Å². The number of halogens is 2. The molecule has 2 bridgehead atoms. The summed E-state index contributed by atoms with van der Waals surface area (Å²) in [5.74, 6) is -0.265. The van der Waals surface area contributed by atoms with Crippen molar-refractivity contribution < 1.29 is 4.39 Å². The molecule has 3 rings (SSSR count). The summed E-state index contributed by atoms with van der Waals surface area (Å²) in [6.45, 7) is 0. The molecule has 2 aliphatic rings. The number of nitrogens with zero attached hydrogens (tertiary/aromatic N) is 1. The molecule has 98 valence electrons. The van der Waals surface area contributed by atoms with Gasteiger partial charge in [0.1, 0.15) is 0 Å². The van der Waals surface area contributed by atoms with Gasteiger partial charge in [-0.3, -0.25) is 0 Å². The molecule has 2 nitrogen and oxygen atoms in total. The average Bonchev–Trinajstić information content (AvgIpc) is 2.63. The Labute approximate surface area is 112 Å². The monoisotopic (exact) mass is 268 g/mol. The van der Waals surface area contributed by atoms with Gasteiger partial charge in [0, 0.05) is 18.1 Å². The summed E-state index contributed by atoms with van der Waals surface area (Å²) in [6.07, 6.45) is 4.52. The molecule has 2 unspecified atom stereocenters. The van der Waals surface area contributed by atoms with Gasteiger partial charge in [-0.05, 0) is 44.9 Å². The van der Waals surface area contributed by atoms with Crippen LogP contribution in [0, 0.1) is 5.82 Å². The van der Waals surface area contributed by atoms with Crippen LogP contribution in [0.25, 0.3) is 0 Å². The second-order valence-corrected chi connectivity index (χ2v) is 5.73. The average molecular weight is 269 g/mol. The zero-order valence-electron chi connectivity index (χ0n) is 10.5. The minimum atomic E-state index is -0.265. The molecule has 0 saturated carbocycles. The van der Waals surface area contributed by atoms with Crippen molar-refractivity contribution in [3.05, 3.63) is 29.0 Å². The smallest absolute Gasteiger partial charge is 0.165 e. The Morgan fingerprint density at radius 3 is 2.56 bits per heavy atom. The van der Waals surface area contributed by atoms with Crippen molar-refractivity contribution in [2.24, 2.45) is 0 Å². The summed E-state index contributed by atoms with van der Waals surface area (Å²) < 4.78 is 14.2. The zero-order valence-corrected chi connectivity index (χ0v) is 11.3. The summed E-state index contributed by atoms with van der Waals surface area (Å²) in [5.41, 5.74) is 0.685. The van der Waals surface area contributed by atoms with Gasteiger partial charge >= 0.3 is 0 Å². The number of nitrogens with one attached hydrogen (secondary N) is 1. The molecule has 0 aliphatic carbocycles. The summed E-state index contributed by atoms with van der Waals surface area (Å²) in [4.78, 5) is 2.26. The molecule has 2 fully saturated rings. The number of fused-ring (bicyclic) bond motifs is 2. The molecule has 2 aliphatic heterocycles. The minimum absolute atomic E-state index is 0.225. The van der Waals surface area contributed by atoms with Gasteiger partial charge < -0.3 is 10.2 Å². The van der Waals surface area contributed by atoms with Crippen LogP contribution in [0.3, 0.4) is 0 Å². The van der Waals surface area contributed by atoms with E-state index in [1.54, 1.807) is 6.07 Å². The molecule has 0 aromatic heterocycles. The Balaban J connectivity index is 1.92. The molecule has 1 aromatic carbocycles. The van der Waals surface area contributed by atoms with Crippen molar-refractivity contribution in [1.82, 2.24) is 5.32 Å². The van der Waals surface area contributed by atoms with E-state index in [9.17, 15) is 4.39 Å². The number of rotatable bonds is 2. The highest BCUT2D eigenvalue weighted by Gasteiger charge is 2.41. The maximum Gasteiger partial charge on any atom is 0.165 e. The van der Waals surface area contributed by atoms with Crippen LogP contribution in [-0.4, -0.2) is 25.2 Å². The van der Waals surface area contributed by atoms with Crippen LogP contribution >= 0.6 is 11.6 Å². The van der Waals surface area contributed by atoms with Crippen molar-refractivity contribution in [1.29, 1.82) is 0 Å². The third-order valence-electron chi connectivity index (χ3n) is 4.35. The van der Waals surface area contributed by atoms with Crippen LogP contribution in [0.15, 0.2) is 18.2 Å². The molecular formula is C14H18ClFN2. The molecule has 4 heteroatoms. The van der Waals surface area contributed by atoms with Gasteiger partial charge in [0.15, 0.2) is 5.82 Å². The molecular weight excluding hydrogens is 251 g/mol. The molecule has 1 aromatic rings. The highest BCUT2D eigenvalue weighted by atomic mass is 35.5. The van der Waals surface area contributed by atoms with Gasteiger partial charge in [0.05, 0.1) is 10.7 Å². The second kappa shape index (κ2) is 4.71. The van der Waals surface area contributed by atoms with E-state index in [0.29, 0.717) is 23.8 Å². The van der Waals surface area contributed by atoms with E-state index in [1.807, 2.05) is 19.2 Å². The molecule has 2 saturated heterocycles. The number of hydrogen-bond acceptors (Lipinski definition) is 2. The molecule has 2 atom stereocenters.